The SMILES string of the molecule is CCC/C=C/CC(O)C[N+](CCCC)(CCCC)C(C)C(=O)O. The van der Waals surface area contributed by atoms with Gasteiger partial charge in [0.25, 0.3) is 0 Å². The van der Waals surface area contributed by atoms with Crippen LogP contribution in [0.5, 0.6) is 0 Å². The molecular weight excluding hydrogens is 290 g/mol. The number of aliphatic carboxylic acids is 1. The number of aliphatic hydroxyl groups is 1. The van der Waals surface area contributed by atoms with E-state index in [0.717, 1.165) is 51.6 Å². The molecule has 0 aromatic rings. The van der Waals surface area contributed by atoms with Crippen LogP contribution in [0.1, 0.15) is 72.6 Å². The number of hydrogen-bond donors (Lipinski definition) is 2. The van der Waals surface area contributed by atoms with Gasteiger partial charge < -0.3 is 14.7 Å². The predicted molar refractivity (Wildman–Crippen MR) is 96.4 cm³/mol. The molecule has 2 atom stereocenters. The van der Waals surface area contributed by atoms with E-state index in [-0.39, 0.29) is 0 Å². The van der Waals surface area contributed by atoms with Crippen molar-refractivity contribution in [2.45, 2.75) is 84.8 Å². The number of carboxylic acid groups (broad SMARTS) is 1. The average molecular weight is 329 g/mol. The quantitative estimate of drug-likeness (QED) is 0.374. The van der Waals surface area contributed by atoms with E-state index in [1.54, 1.807) is 6.92 Å². The Hall–Kier alpha value is -0.870. The van der Waals surface area contributed by atoms with Crippen LogP contribution in [0.3, 0.4) is 0 Å². The molecular formula is C19H38NO3+. The first-order valence-electron chi connectivity index (χ1n) is 9.35. The highest BCUT2D eigenvalue weighted by molar-refractivity contribution is 5.71. The molecule has 0 aliphatic heterocycles. The van der Waals surface area contributed by atoms with Gasteiger partial charge in [0.1, 0.15) is 12.6 Å². The van der Waals surface area contributed by atoms with Crippen molar-refractivity contribution in [2.24, 2.45) is 0 Å². The highest BCUT2D eigenvalue weighted by atomic mass is 16.4. The van der Waals surface area contributed by atoms with E-state index < -0.39 is 18.1 Å². The summed E-state index contributed by atoms with van der Waals surface area (Å²) >= 11 is 0. The second kappa shape index (κ2) is 12.5. The summed E-state index contributed by atoms with van der Waals surface area (Å²) in [6.45, 7) is 10.4. The molecule has 4 heteroatoms. The average Bonchev–Trinajstić information content (AvgIpc) is 2.53. The number of nitrogens with zero attached hydrogens (tertiary/aromatic N) is 1. The molecule has 23 heavy (non-hydrogen) atoms. The van der Waals surface area contributed by atoms with Gasteiger partial charge in [0.2, 0.25) is 0 Å². The van der Waals surface area contributed by atoms with Gasteiger partial charge in [-0.05, 0) is 32.6 Å². The number of unbranched alkanes of at least 4 members (excludes halogenated alkanes) is 3. The molecule has 4 nitrogen and oxygen atoms in total. The summed E-state index contributed by atoms with van der Waals surface area (Å²) in [6, 6.07) is -0.470. The lowest BCUT2D eigenvalue weighted by atomic mass is 10.1. The molecule has 0 aliphatic rings. The van der Waals surface area contributed by atoms with Gasteiger partial charge in [0.05, 0.1) is 13.1 Å². The van der Waals surface area contributed by atoms with Gasteiger partial charge in [-0.3, -0.25) is 0 Å². The maximum atomic E-state index is 11.6. The van der Waals surface area contributed by atoms with Gasteiger partial charge in [0, 0.05) is 0 Å². The summed E-state index contributed by atoms with van der Waals surface area (Å²) in [5.74, 6) is -0.758. The van der Waals surface area contributed by atoms with Crippen molar-refractivity contribution in [1.82, 2.24) is 0 Å². The molecule has 0 heterocycles. The molecule has 136 valence electrons. The molecule has 0 radical (unpaired) electrons. The Balaban J connectivity index is 5.06. The third-order valence-corrected chi connectivity index (χ3v) is 4.70. The monoisotopic (exact) mass is 328 g/mol. The smallest absolute Gasteiger partial charge is 0.362 e. The zero-order valence-corrected chi connectivity index (χ0v) is 15.6. The van der Waals surface area contributed by atoms with Gasteiger partial charge in [-0.25, -0.2) is 4.79 Å². The predicted octanol–water partition coefficient (Wildman–Crippen LogP) is 3.98. The van der Waals surface area contributed by atoms with Crippen molar-refractivity contribution in [1.29, 1.82) is 0 Å². The normalized spacial score (nSPS) is 15.0. The van der Waals surface area contributed by atoms with Crippen LogP contribution in [0.25, 0.3) is 0 Å². The molecule has 0 aromatic heterocycles. The van der Waals surface area contributed by atoms with Crippen molar-refractivity contribution in [3.8, 4) is 0 Å². The summed E-state index contributed by atoms with van der Waals surface area (Å²) in [7, 11) is 0. The number of rotatable bonds is 14. The second-order valence-electron chi connectivity index (χ2n) is 6.72. The van der Waals surface area contributed by atoms with E-state index in [1.165, 1.54) is 0 Å². The third-order valence-electron chi connectivity index (χ3n) is 4.70. The fourth-order valence-corrected chi connectivity index (χ4v) is 3.05. The van der Waals surface area contributed by atoms with E-state index >= 15 is 0 Å². The van der Waals surface area contributed by atoms with E-state index in [9.17, 15) is 15.0 Å². The molecule has 0 saturated carbocycles. The molecule has 0 aliphatic carbocycles. The molecule has 0 spiro atoms. The van der Waals surface area contributed by atoms with Crippen molar-refractivity contribution >= 4 is 5.97 Å². The summed E-state index contributed by atoms with van der Waals surface area (Å²) < 4.78 is 0.500. The molecule has 0 saturated heterocycles. The largest absolute Gasteiger partial charge is 0.477 e. The van der Waals surface area contributed by atoms with Crippen LogP contribution < -0.4 is 0 Å². The maximum Gasteiger partial charge on any atom is 0.362 e. The first-order valence-corrected chi connectivity index (χ1v) is 9.35. The Bertz CT molecular complexity index is 334. The second-order valence-corrected chi connectivity index (χ2v) is 6.72. The summed E-state index contributed by atoms with van der Waals surface area (Å²) in [5, 5.41) is 20.0. The molecule has 2 unspecified atom stereocenters. The fraction of sp³-hybridized carbons (Fsp3) is 0.842. The van der Waals surface area contributed by atoms with Gasteiger partial charge in [-0.2, -0.15) is 0 Å². The van der Waals surface area contributed by atoms with Crippen molar-refractivity contribution in [3.05, 3.63) is 12.2 Å². The lowest BCUT2D eigenvalue weighted by molar-refractivity contribution is -0.944. The Morgan fingerprint density at radius 2 is 1.61 bits per heavy atom. The van der Waals surface area contributed by atoms with Crippen LogP contribution in [0, 0.1) is 0 Å². The van der Waals surface area contributed by atoms with Gasteiger partial charge in [-0.15, -0.1) is 0 Å². The minimum atomic E-state index is -0.758. The first-order chi connectivity index (χ1) is 10.9. The minimum absolute atomic E-state index is 0.470. The van der Waals surface area contributed by atoms with Crippen LogP contribution in [-0.2, 0) is 4.79 Å². The Labute approximate surface area is 142 Å². The molecule has 0 amide bonds. The highest BCUT2D eigenvalue weighted by Gasteiger charge is 2.39. The molecule has 0 aromatic carbocycles. The molecule has 0 bridgehead atoms. The zero-order chi connectivity index (χ0) is 17.7. The van der Waals surface area contributed by atoms with E-state index in [4.69, 9.17) is 0 Å². The number of aliphatic hydroxyl groups excluding tert-OH is 1. The van der Waals surface area contributed by atoms with Crippen molar-refractivity contribution in [3.63, 3.8) is 0 Å². The highest BCUT2D eigenvalue weighted by Crippen LogP contribution is 2.20. The maximum absolute atomic E-state index is 11.6. The van der Waals surface area contributed by atoms with Crippen LogP contribution in [-0.4, -0.2) is 52.4 Å². The number of carboxylic acids is 1. The van der Waals surface area contributed by atoms with Crippen LogP contribution in [0.15, 0.2) is 12.2 Å². The lowest BCUT2D eigenvalue weighted by Crippen LogP contribution is -2.61. The van der Waals surface area contributed by atoms with E-state index in [2.05, 4.69) is 26.8 Å². The molecule has 0 rings (SSSR count). The van der Waals surface area contributed by atoms with Crippen molar-refractivity contribution < 1.29 is 19.5 Å². The van der Waals surface area contributed by atoms with Gasteiger partial charge >= 0.3 is 5.97 Å². The summed E-state index contributed by atoms with van der Waals surface area (Å²) in [4.78, 5) is 11.6. The topological polar surface area (TPSA) is 57.5 Å². The number of allylic oxidation sites excluding steroid dienone is 1. The van der Waals surface area contributed by atoms with E-state index in [1.807, 2.05) is 6.08 Å². The Morgan fingerprint density at radius 1 is 1.04 bits per heavy atom. The lowest BCUT2D eigenvalue weighted by Gasteiger charge is -2.43. The number of carbonyl (C=O) groups is 1. The summed E-state index contributed by atoms with van der Waals surface area (Å²) in [5.41, 5.74) is 0. The van der Waals surface area contributed by atoms with Crippen LogP contribution >= 0.6 is 0 Å². The van der Waals surface area contributed by atoms with E-state index in [0.29, 0.717) is 17.4 Å². The van der Waals surface area contributed by atoms with Gasteiger partial charge in [-0.1, -0.05) is 52.2 Å². The standard InChI is InChI=1S/C19H37NO3/c1-5-8-11-12-13-18(21)16-20(14-9-6-2,15-10-7-3)17(4)19(22)23/h11-12,17-18,21H,5-10,13-16H2,1-4H3/p+1/b12-11+. The molecule has 2 N–H and O–H groups in total. The van der Waals surface area contributed by atoms with Crippen LogP contribution in [0.2, 0.25) is 0 Å². The Kier molecular flexibility index (Phi) is 12.1. The summed E-state index contributed by atoms with van der Waals surface area (Å²) in [6.07, 6.45) is 10.5. The Morgan fingerprint density at radius 3 is 2.04 bits per heavy atom. The minimum Gasteiger partial charge on any atom is -0.477 e. The zero-order valence-electron chi connectivity index (χ0n) is 15.6. The fourth-order valence-electron chi connectivity index (χ4n) is 3.05. The molecule has 0 fully saturated rings. The van der Waals surface area contributed by atoms with Gasteiger partial charge in [0.15, 0.2) is 6.04 Å². The van der Waals surface area contributed by atoms with Crippen molar-refractivity contribution in [2.75, 3.05) is 19.6 Å². The first kappa shape index (κ1) is 22.1. The number of hydrogen-bond acceptors (Lipinski definition) is 2. The van der Waals surface area contributed by atoms with Crippen LogP contribution in [0.4, 0.5) is 0 Å². The third kappa shape index (κ3) is 8.52. The number of quaternary nitrogens is 1.